The molecule has 0 bridgehead atoms. The molecule has 234 valence electrons. The molecule has 5 N–H and O–H groups in total. The van der Waals surface area contributed by atoms with Crippen LogP contribution in [0, 0.1) is 6.92 Å². The number of rotatable bonds is 13. The minimum atomic E-state index is -0.407. The van der Waals surface area contributed by atoms with Crippen molar-refractivity contribution >= 4 is 29.1 Å². The summed E-state index contributed by atoms with van der Waals surface area (Å²) in [7, 11) is 1.54. The third-order valence-corrected chi connectivity index (χ3v) is 7.69. The van der Waals surface area contributed by atoms with E-state index in [0.717, 1.165) is 17.5 Å². The Kier molecular flexibility index (Phi) is 10.6. The van der Waals surface area contributed by atoms with Crippen molar-refractivity contribution in [1.29, 1.82) is 0 Å². The van der Waals surface area contributed by atoms with Gasteiger partial charge in [0.15, 0.2) is 0 Å². The predicted molar refractivity (Wildman–Crippen MR) is 169 cm³/mol. The van der Waals surface area contributed by atoms with Crippen LogP contribution in [0.1, 0.15) is 40.3 Å². The first-order chi connectivity index (χ1) is 21.9. The van der Waals surface area contributed by atoms with Gasteiger partial charge in [-0.1, -0.05) is 23.7 Å². The molecule has 3 aromatic heterocycles. The Morgan fingerprint density at radius 3 is 2.69 bits per heavy atom. The van der Waals surface area contributed by atoms with Crippen molar-refractivity contribution in [2.24, 2.45) is 0 Å². The molecule has 45 heavy (non-hydrogen) atoms. The zero-order chi connectivity index (χ0) is 31.8. The summed E-state index contributed by atoms with van der Waals surface area (Å²) in [5, 5.41) is 21.4. The highest BCUT2D eigenvalue weighted by atomic mass is 35.5. The number of nitrogens with one attached hydrogen (secondary N) is 4. The number of pyridine rings is 1. The van der Waals surface area contributed by atoms with Crippen LogP contribution < -0.4 is 26.0 Å². The van der Waals surface area contributed by atoms with Crippen molar-refractivity contribution in [1.82, 2.24) is 40.9 Å². The molecule has 0 spiro atoms. The molecule has 1 atom stereocenters. The SMILES string of the molecule is COc1nc(-c2ccnc(-c3cccc(NC(=O)c4cnc(CNCCO)cn4)c3C)c2Cl)cnc1CNC[C@@H]1CCC(=O)N1. The minimum Gasteiger partial charge on any atom is -0.480 e. The van der Waals surface area contributed by atoms with E-state index in [2.05, 4.69) is 46.2 Å². The number of ether oxygens (including phenoxy) is 1. The van der Waals surface area contributed by atoms with Crippen LogP contribution in [0.3, 0.4) is 0 Å². The molecule has 0 aliphatic carbocycles. The Labute approximate surface area is 265 Å². The zero-order valence-electron chi connectivity index (χ0n) is 24.9. The summed E-state index contributed by atoms with van der Waals surface area (Å²) < 4.78 is 5.53. The molecule has 1 fully saturated rings. The Balaban J connectivity index is 1.32. The number of carbonyl (C=O) groups is 2. The number of hydrogen-bond acceptors (Lipinski definition) is 11. The summed E-state index contributed by atoms with van der Waals surface area (Å²) in [4.78, 5) is 46.7. The molecule has 0 saturated carbocycles. The average molecular weight is 632 g/mol. The number of benzene rings is 1. The molecule has 1 aromatic carbocycles. The van der Waals surface area contributed by atoms with Gasteiger partial charge in [0, 0.05) is 61.7 Å². The summed E-state index contributed by atoms with van der Waals surface area (Å²) in [6.07, 6.45) is 7.58. The van der Waals surface area contributed by atoms with E-state index in [-0.39, 0.29) is 24.2 Å². The van der Waals surface area contributed by atoms with Crippen LogP contribution in [-0.4, -0.2) is 74.7 Å². The lowest BCUT2D eigenvalue weighted by molar-refractivity contribution is -0.119. The van der Waals surface area contributed by atoms with Crippen LogP contribution in [-0.2, 0) is 17.9 Å². The van der Waals surface area contributed by atoms with Crippen LogP contribution >= 0.6 is 11.6 Å². The molecular formula is C31H34ClN9O4. The van der Waals surface area contributed by atoms with Gasteiger partial charge in [0.2, 0.25) is 11.8 Å². The molecule has 4 heterocycles. The van der Waals surface area contributed by atoms with E-state index < -0.39 is 5.91 Å². The van der Waals surface area contributed by atoms with Crippen LogP contribution in [0.25, 0.3) is 22.5 Å². The lowest BCUT2D eigenvalue weighted by Gasteiger charge is -2.15. The molecule has 1 aliphatic rings. The van der Waals surface area contributed by atoms with Gasteiger partial charge in [0.1, 0.15) is 11.4 Å². The third-order valence-electron chi connectivity index (χ3n) is 7.31. The van der Waals surface area contributed by atoms with E-state index >= 15 is 0 Å². The van der Waals surface area contributed by atoms with Crippen molar-refractivity contribution < 1.29 is 19.4 Å². The number of hydrogen-bond donors (Lipinski definition) is 5. The van der Waals surface area contributed by atoms with Gasteiger partial charge in [-0.25, -0.2) is 9.97 Å². The molecule has 2 amide bonds. The molecular weight excluding hydrogens is 598 g/mol. The predicted octanol–water partition coefficient (Wildman–Crippen LogP) is 2.67. The monoisotopic (exact) mass is 631 g/mol. The average Bonchev–Trinajstić information content (AvgIpc) is 3.47. The fourth-order valence-corrected chi connectivity index (χ4v) is 5.22. The maximum atomic E-state index is 13.0. The van der Waals surface area contributed by atoms with Crippen LogP contribution in [0.5, 0.6) is 5.88 Å². The first kappa shape index (κ1) is 31.9. The number of nitrogens with zero attached hydrogens (tertiary/aromatic N) is 5. The molecule has 1 aliphatic heterocycles. The number of aliphatic hydroxyl groups excluding tert-OH is 1. The fraction of sp³-hybridized carbons (Fsp3) is 0.323. The largest absolute Gasteiger partial charge is 0.480 e. The lowest BCUT2D eigenvalue weighted by atomic mass is 10.0. The maximum absolute atomic E-state index is 13.0. The topological polar surface area (TPSA) is 176 Å². The van der Waals surface area contributed by atoms with E-state index in [4.69, 9.17) is 21.4 Å². The van der Waals surface area contributed by atoms with Gasteiger partial charge in [-0.15, -0.1) is 0 Å². The molecule has 14 heteroatoms. The van der Waals surface area contributed by atoms with Gasteiger partial charge in [-0.05, 0) is 31.0 Å². The Hall–Kier alpha value is -4.56. The second-order valence-electron chi connectivity index (χ2n) is 10.4. The number of anilines is 1. The summed E-state index contributed by atoms with van der Waals surface area (Å²) in [5.41, 5.74) is 5.19. The van der Waals surface area contributed by atoms with Crippen molar-refractivity contribution in [3.63, 3.8) is 0 Å². The van der Waals surface area contributed by atoms with E-state index in [0.29, 0.717) is 77.5 Å². The van der Waals surface area contributed by atoms with Gasteiger partial charge in [0.25, 0.3) is 5.91 Å². The second-order valence-corrected chi connectivity index (χ2v) is 10.8. The zero-order valence-corrected chi connectivity index (χ0v) is 25.7. The van der Waals surface area contributed by atoms with Crippen LogP contribution in [0.15, 0.2) is 49.1 Å². The van der Waals surface area contributed by atoms with E-state index in [1.807, 2.05) is 19.1 Å². The lowest BCUT2D eigenvalue weighted by Crippen LogP contribution is -2.35. The Morgan fingerprint density at radius 2 is 1.96 bits per heavy atom. The van der Waals surface area contributed by atoms with E-state index in [1.54, 1.807) is 24.5 Å². The van der Waals surface area contributed by atoms with Crippen LogP contribution in [0.2, 0.25) is 5.02 Å². The van der Waals surface area contributed by atoms with Gasteiger partial charge < -0.3 is 31.1 Å². The maximum Gasteiger partial charge on any atom is 0.275 e. The van der Waals surface area contributed by atoms with Crippen molar-refractivity contribution in [2.75, 3.05) is 32.1 Å². The quantitative estimate of drug-likeness (QED) is 0.137. The highest BCUT2D eigenvalue weighted by Gasteiger charge is 2.21. The molecule has 13 nitrogen and oxygen atoms in total. The van der Waals surface area contributed by atoms with E-state index in [9.17, 15) is 9.59 Å². The highest BCUT2D eigenvalue weighted by molar-refractivity contribution is 6.35. The number of aromatic nitrogens is 5. The van der Waals surface area contributed by atoms with Gasteiger partial charge in [0.05, 0.1) is 54.4 Å². The molecule has 1 saturated heterocycles. The summed E-state index contributed by atoms with van der Waals surface area (Å²) in [6.45, 7) is 3.82. The van der Waals surface area contributed by atoms with Crippen LogP contribution in [0.4, 0.5) is 5.69 Å². The van der Waals surface area contributed by atoms with Gasteiger partial charge >= 0.3 is 0 Å². The normalized spacial score (nSPS) is 14.3. The first-order valence-corrected chi connectivity index (χ1v) is 14.8. The standard InChI is InChI=1S/C31H34ClN9O4/c1-18-21(4-3-5-23(18)40-30(44)25-17-36-20(14-37-25)13-33-10-11-42)29-28(32)22(8-9-35-29)24-16-38-26(31(41-24)45-2)15-34-12-19-6-7-27(43)39-19/h3-5,8-9,14,16-17,19,33-34,42H,6-7,10-13,15H2,1-2H3,(H,39,43)(H,40,44)/t19-/m0/s1. The first-order valence-electron chi connectivity index (χ1n) is 14.5. The molecule has 0 unspecified atom stereocenters. The minimum absolute atomic E-state index is 0.0239. The van der Waals surface area contributed by atoms with Crippen molar-refractivity contribution in [2.45, 2.75) is 38.9 Å². The molecule has 4 aromatic rings. The Bertz CT molecular complexity index is 1670. The summed E-state index contributed by atoms with van der Waals surface area (Å²) in [5.74, 6) is 0.0307. The highest BCUT2D eigenvalue weighted by Crippen LogP contribution is 2.37. The molecule has 0 radical (unpaired) electrons. The second kappa shape index (κ2) is 14.9. The number of halogens is 1. The van der Waals surface area contributed by atoms with E-state index in [1.165, 1.54) is 19.5 Å². The summed E-state index contributed by atoms with van der Waals surface area (Å²) >= 11 is 6.92. The number of aliphatic hydroxyl groups is 1. The van der Waals surface area contributed by atoms with Gasteiger partial charge in [-0.3, -0.25) is 24.5 Å². The van der Waals surface area contributed by atoms with Gasteiger partial charge in [-0.2, -0.15) is 0 Å². The van der Waals surface area contributed by atoms with Crippen molar-refractivity contribution in [3.8, 4) is 28.4 Å². The fourth-order valence-electron chi connectivity index (χ4n) is 4.91. The van der Waals surface area contributed by atoms with Crippen molar-refractivity contribution in [3.05, 3.63) is 76.7 Å². The summed E-state index contributed by atoms with van der Waals surface area (Å²) in [6, 6.07) is 7.35. The Morgan fingerprint density at radius 1 is 1.09 bits per heavy atom. The number of amides is 2. The number of methoxy groups -OCH3 is 1. The molecule has 5 rings (SSSR count). The number of carbonyl (C=O) groups excluding carboxylic acids is 2. The smallest absolute Gasteiger partial charge is 0.275 e. The third kappa shape index (κ3) is 7.75.